The third-order valence-electron chi connectivity index (χ3n) is 11.0. The molecule has 1 N–H and O–H groups in total. The average Bonchev–Trinajstić information content (AvgIpc) is 3.90. The van der Waals surface area contributed by atoms with Crippen LogP contribution in [0.4, 0.5) is 17.1 Å². The van der Waals surface area contributed by atoms with E-state index in [0.29, 0.717) is 29.1 Å². The summed E-state index contributed by atoms with van der Waals surface area (Å²) in [6.07, 6.45) is 14.5. The number of nitrogens with zero attached hydrogens (tertiary/aromatic N) is 6. The average molecular weight is 805 g/mol. The first kappa shape index (κ1) is 43.0. The number of hydrogen-bond acceptors (Lipinski definition) is 7. The van der Waals surface area contributed by atoms with Crippen molar-refractivity contribution in [1.29, 1.82) is 5.26 Å². The lowest BCUT2D eigenvalue weighted by molar-refractivity contribution is -0.132. The van der Waals surface area contributed by atoms with E-state index in [-0.39, 0.29) is 5.57 Å². The molecular weight excluding hydrogens is 749 g/mol. The zero-order valence-electron chi connectivity index (χ0n) is 35.5. The van der Waals surface area contributed by atoms with Crippen molar-refractivity contribution >= 4 is 52.3 Å². The fourth-order valence-corrected chi connectivity index (χ4v) is 7.54. The van der Waals surface area contributed by atoms with E-state index in [2.05, 4.69) is 103 Å². The molecule has 0 spiro atoms. The molecule has 0 aliphatic rings. The van der Waals surface area contributed by atoms with Gasteiger partial charge in [-0.3, -0.25) is 0 Å². The fourth-order valence-electron chi connectivity index (χ4n) is 7.54. The lowest BCUT2D eigenvalue weighted by Crippen LogP contribution is -2.12. The summed E-state index contributed by atoms with van der Waals surface area (Å²) >= 11 is 0. The molecule has 0 saturated carbocycles. The second-order valence-electron chi connectivity index (χ2n) is 15.1. The number of anilines is 3. The number of nitriles is 1. The van der Waals surface area contributed by atoms with Gasteiger partial charge in [0.05, 0.1) is 26.5 Å². The molecule has 1 unspecified atom stereocenters. The lowest BCUT2D eigenvalue weighted by atomic mass is 10.00. The van der Waals surface area contributed by atoms with Crippen LogP contribution in [0.5, 0.6) is 11.5 Å². The lowest BCUT2D eigenvalue weighted by Gasteiger charge is -2.26. The Morgan fingerprint density at radius 1 is 0.767 bits per heavy atom. The summed E-state index contributed by atoms with van der Waals surface area (Å²) in [5, 5.41) is 29.3. The van der Waals surface area contributed by atoms with Crippen molar-refractivity contribution in [2.75, 3.05) is 19.1 Å². The van der Waals surface area contributed by atoms with Gasteiger partial charge in [0.15, 0.2) is 0 Å². The molecule has 2 aromatic heterocycles. The van der Waals surface area contributed by atoms with Crippen molar-refractivity contribution < 1.29 is 19.4 Å². The Balaban J connectivity index is 1.37. The van der Waals surface area contributed by atoms with Crippen LogP contribution in [0.2, 0.25) is 0 Å². The van der Waals surface area contributed by atoms with Gasteiger partial charge >= 0.3 is 5.97 Å². The van der Waals surface area contributed by atoms with Crippen LogP contribution in [0, 0.1) is 17.2 Å². The van der Waals surface area contributed by atoms with Crippen LogP contribution in [0.3, 0.4) is 0 Å². The number of hydrogen-bond donors (Lipinski definition) is 1. The van der Waals surface area contributed by atoms with Gasteiger partial charge in [-0.1, -0.05) is 83.6 Å². The summed E-state index contributed by atoms with van der Waals surface area (Å²) in [5.74, 6) is 0.741. The van der Waals surface area contributed by atoms with Crippen molar-refractivity contribution in [3.05, 3.63) is 119 Å². The number of aromatic nitrogens is 4. The zero-order chi connectivity index (χ0) is 42.4. The van der Waals surface area contributed by atoms with Crippen LogP contribution in [0.15, 0.2) is 103 Å². The maximum atomic E-state index is 11.9. The monoisotopic (exact) mass is 804 g/mol. The maximum absolute atomic E-state index is 11.9. The van der Waals surface area contributed by atoms with E-state index in [1.807, 2.05) is 42.5 Å². The van der Waals surface area contributed by atoms with Gasteiger partial charge in [0.25, 0.3) is 0 Å². The molecule has 0 fully saturated rings. The molecule has 4 aromatic carbocycles. The van der Waals surface area contributed by atoms with Crippen molar-refractivity contribution in [3.8, 4) is 28.8 Å². The van der Waals surface area contributed by atoms with Crippen LogP contribution in [-0.4, -0.2) is 44.9 Å². The molecule has 2 heterocycles. The van der Waals surface area contributed by atoms with Gasteiger partial charge in [-0.25, -0.2) is 4.79 Å². The first-order valence-electron chi connectivity index (χ1n) is 21.1. The second kappa shape index (κ2) is 20.9. The van der Waals surface area contributed by atoms with Gasteiger partial charge in [0, 0.05) is 40.4 Å². The van der Waals surface area contributed by atoms with Gasteiger partial charge in [0.1, 0.15) is 34.2 Å². The minimum atomic E-state index is -1.27. The highest BCUT2D eigenvalue weighted by Gasteiger charge is 2.20. The Bertz CT molecular complexity index is 2390. The number of aliphatic carboxylic acids is 1. The van der Waals surface area contributed by atoms with E-state index < -0.39 is 5.97 Å². The number of methoxy groups -OCH3 is 2. The predicted octanol–water partition coefficient (Wildman–Crippen LogP) is 12.3. The Morgan fingerprint density at radius 3 is 1.95 bits per heavy atom. The Kier molecular flexibility index (Phi) is 15.0. The third kappa shape index (κ3) is 10.3. The van der Waals surface area contributed by atoms with E-state index in [4.69, 9.17) is 19.7 Å². The number of carboxylic acid groups (broad SMARTS) is 1. The number of ether oxygens (including phenoxy) is 2. The van der Waals surface area contributed by atoms with Crippen molar-refractivity contribution in [2.45, 2.75) is 85.2 Å². The largest absolute Gasteiger partial charge is 0.497 e. The van der Waals surface area contributed by atoms with E-state index in [9.17, 15) is 15.2 Å². The Labute approximate surface area is 354 Å². The molecular formula is C50H56N6O4. The molecule has 6 rings (SSSR count). The third-order valence-corrected chi connectivity index (χ3v) is 11.0. The smallest absolute Gasteiger partial charge is 0.346 e. The fraction of sp³-hybridized carbons (Fsp3) is 0.320. The van der Waals surface area contributed by atoms with Gasteiger partial charge < -0.3 is 24.0 Å². The van der Waals surface area contributed by atoms with Gasteiger partial charge in [-0.05, 0) is 115 Å². The van der Waals surface area contributed by atoms with Crippen molar-refractivity contribution in [2.24, 2.45) is 5.92 Å². The van der Waals surface area contributed by atoms with E-state index in [1.54, 1.807) is 19.0 Å². The molecule has 6 aromatic rings. The van der Waals surface area contributed by atoms with Crippen LogP contribution in [0.25, 0.3) is 40.5 Å². The second-order valence-corrected chi connectivity index (χ2v) is 15.1. The normalized spacial score (nSPS) is 12.2. The van der Waals surface area contributed by atoms with Crippen LogP contribution in [-0.2, 0) is 17.9 Å². The molecule has 0 radical (unpaired) electrons. The molecule has 1 atom stereocenters. The molecule has 0 amide bonds. The summed E-state index contributed by atoms with van der Waals surface area (Å²) in [7, 11) is 3.34. The summed E-state index contributed by atoms with van der Waals surface area (Å²) < 4.78 is 13.2. The van der Waals surface area contributed by atoms with Crippen molar-refractivity contribution in [3.63, 3.8) is 0 Å². The molecule has 0 aliphatic heterocycles. The summed E-state index contributed by atoms with van der Waals surface area (Å²) in [5.41, 5.74) is 8.57. The number of benzene rings is 4. The Hall–Kier alpha value is -6.60. The summed E-state index contributed by atoms with van der Waals surface area (Å²) in [6.45, 7) is 8.11. The molecule has 10 nitrogen and oxygen atoms in total. The minimum Gasteiger partial charge on any atom is -0.497 e. The van der Waals surface area contributed by atoms with Crippen molar-refractivity contribution in [1.82, 2.24) is 19.6 Å². The highest BCUT2D eigenvalue weighted by Crippen LogP contribution is 2.37. The zero-order valence-corrected chi connectivity index (χ0v) is 35.5. The predicted molar refractivity (Wildman–Crippen MR) is 243 cm³/mol. The number of carboxylic acids is 1. The van der Waals surface area contributed by atoms with Crippen LogP contribution < -0.4 is 14.4 Å². The molecule has 310 valence electrons. The van der Waals surface area contributed by atoms with E-state index in [0.717, 1.165) is 103 Å². The molecule has 10 heteroatoms. The maximum Gasteiger partial charge on any atom is 0.346 e. The molecule has 0 bridgehead atoms. The number of fused-ring (bicyclic) bond motifs is 1. The van der Waals surface area contributed by atoms with Crippen LogP contribution >= 0.6 is 0 Å². The van der Waals surface area contributed by atoms with E-state index in [1.165, 1.54) is 12.5 Å². The van der Waals surface area contributed by atoms with E-state index >= 15 is 0 Å². The Morgan fingerprint density at radius 2 is 1.38 bits per heavy atom. The summed E-state index contributed by atoms with van der Waals surface area (Å²) in [4.78, 5) is 15.8. The molecule has 0 saturated heterocycles. The topological polar surface area (TPSA) is 118 Å². The minimum absolute atomic E-state index is 0.345. The summed E-state index contributed by atoms with van der Waals surface area (Å²) in [6, 6.07) is 34.6. The molecule has 0 aliphatic carbocycles. The quantitative estimate of drug-likeness (QED) is 0.0434. The molecule has 60 heavy (non-hydrogen) atoms. The highest BCUT2D eigenvalue weighted by molar-refractivity contribution is 6.01. The van der Waals surface area contributed by atoms with Gasteiger partial charge in [-0.15, -0.1) is 0 Å². The SMILES string of the molecule is CCCCCCn1c(/C=C/c2ccc(N(c3ccc(OC)cc3)c3ccc(OC)cc3)cc2)ccc1-c1ccc(/C=C(\C#N)C(=O)O)c2nn(CC(CC)CCCC)nc12. The standard InChI is InChI=1S/C50H56N6O4/c1-6-9-11-12-32-54-40(18-14-37-15-19-41(20-16-37)56(42-21-26-44(59-4)27-22-42)43-23-28-45(60-5)29-24-43)25-31-47(54)46-30-17-38(33-39(34-51)50(57)58)48-49(46)53-55(52-48)35-36(8-3)13-10-7-2/h14-31,33,36H,6-13,32,35H2,1-5H3,(H,57,58)/b18-14+,39-33+. The number of rotatable bonds is 21. The number of unbranched alkanes of at least 4 members (excludes halogenated alkanes) is 4. The number of carbonyl (C=O) groups is 1. The van der Waals surface area contributed by atoms with Crippen LogP contribution in [0.1, 0.15) is 89.0 Å². The highest BCUT2D eigenvalue weighted by atomic mass is 16.5. The first-order valence-corrected chi connectivity index (χ1v) is 21.1. The van der Waals surface area contributed by atoms with Gasteiger partial charge in [0.2, 0.25) is 0 Å². The van der Waals surface area contributed by atoms with Gasteiger partial charge in [-0.2, -0.15) is 20.3 Å². The first-order chi connectivity index (χ1) is 29.3.